The van der Waals surface area contributed by atoms with Crippen LogP contribution >= 0.6 is 11.6 Å². The molecule has 1 N–H and O–H groups in total. The Balaban J connectivity index is 2.24. The zero-order chi connectivity index (χ0) is 14.1. The van der Waals surface area contributed by atoms with E-state index < -0.39 is 0 Å². The fourth-order valence-corrected chi connectivity index (χ4v) is 2.60. The normalized spacial score (nSPS) is 12.4. The van der Waals surface area contributed by atoms with Crippen LogP contribution in [0, 0.1) is 5.92 Å². The lowest BCUT2D eigenvalue weighted by atomic mass is 9.99. The van der Waals surface area contributed by atoms with Crippen LogP contribution in [0.2, 0.25) is 0 Å². The topological polar surface area (TPSA) is 29.1 Å². The molecule has 0 saturated heterocycles. The molecule has 1 aromatic rings. The highest BCUT2D eigenvalue weighted by Crippen LogP contribution is 2.17. The van der Waals surface area contributed by atoms with Gasteiger partial charge in [0.15, 0.2) is 0 Å². The molecule has 19 heavy (non-hydrogen) atoms. The van der Waals surface area contributed by atoms with E-state index in [0.717, 1.165) is 19.3 Å². The van der Waals surface area contributed by atoms with Crippen molar-refractivity contribution < 1.29 is 4.79 Å². The molecule has 1 rings (SSSR count). The van der Waals surface area contributed by atoms with Crippen molar-refractivity contribution in [3.05, 3.63) is 35.9 Å². The van der Waals surface area contributed by atoms with E-state index in [1.54, 1.807) is 0 Å². The van der Waals surface area contributed by atoms with E-state index in [0.29, 0.717) is 18.9 Å². The van der Waals surface area contributed by atoms with Crippen LogP contribution < -0.4 is 5.32 Å². The Morgan fingerprint density at radius 1 is 1.21 bits per heavy atom. The van der Waals surface area contributed by atoms with Crippen LogP contribution in [0.5, 0.6) is 0 Å². The lowest BCUT2D eigenvalue weighted by Gasteiger charge is -2.19. The lowest BCUT2D eigenvalue weighted by Crippen LogP contribution is -2.33. The van der Waals surface area contributed by atoms with Gasteiger partial charge in [0.1, 0.15) is 0 Å². The van der Waals surface area contributed by atoms with Gasteiger partial charge in [-0.3, -0.25) is 4.79 Å². The third-order valence-electron chi connectivity index (χ3n) is 3.54. The first-order valence-electron chi connectivity index (χ1n) is 7.12. The molecule has 3 heteroatoms. The maximum absolute atomic E-state index is 11.8. The molecule has 0 spiro atoms. The Hall–Kier alpha value is -1.02. The average Bonchev–Trinajstić information content (AvgIpc) is 2.45. The van der Waals surface area contributed by atoms with Gasteiger partial charge in [0, 0.05) is 13.0 Å². The summed E-state index contributed by atoms with van der Waals surface area (Å²) in [5, 5.41) is 2.97. The molecule has 106 valence electrons. The molecule has 0 bridgehead atoms. The predicted octanol–water partition coefficient (Wildman–Crippen LogP) is 3.78. The lowest BCUT2D eigenvalue weighted by molar-refractivity contribution is -0.121. The Bertz CT molecular complexity index is 362. The van der Waals surface area contributed by atoms with E-state index >= 15 is 0 Å². The number of carbonyl (C=O) groups excluding carboxylic acids is 1. The predicted molar refractivity (Wildman–Crippen MR) is 81.5 cm³/mol. The molecule has 0 aliphatic carbocycles. The first-order valence-corrected chi connectivity index (χ1v) is 7.55. The summed E-state index contributed by atoms with van der Waals surface area (Å²) < 4.78 is 0. The minimum atomic E-state index is 0.0377. The number of hydrogen-bond acceptors (Lipinski definition) is 1. The number of hydrogen-bond donors (Lipinski definition) is 1. The van der Waals surface area contributed by atoms with Crippen LogP contribution in [0.4, 0.5) is 0 Å². The molecule has 0 radical (unpaired) electrons. The monoisotopic (exact) mass is 281 g/mol. The number of rotatable bonds is 8. The molecule has 1 unspecified atom stereocenters. The van der Waals surface area contributed by atoms with Crippen LogP contribution in [-0.4, -0.2) is 17.8 Å². The number of alkyl halides is 1. The largest absolute Gasteiger partial charge is 0.355 e. The van der Waals surface area contributed by atoms with Crippen molar-refractivity contribution in [1.82, 2.24) is 5.32 Å². The Morgan fingerprint density at radius 2 is 1.84 bits per heavy atom. The Morgan fingerprint density at radius 3 is 2.42 bits per heavy atom. The summed E-state index contributed by atoms with van der Waals surface area (Å²) in [6, 6.07) is 10.1. The van der Waals surface area contributed by atoms with Crippen molar-refractivity contribution in [1.29, 1.82) is 0 Å². The molecule has 1 atom stereocenters. The maximum Gasteiger partial charge on any atom is 0.220 e. The van der Waals surface area contributed by atoms with E-state index in [2.05, 4.69) is 19.2 Å². The average molecular weight is 282 g/mol. The van der Waals surface area contributed by atoms with Crippen LogP contribution in [0.25, 0.3) is 0 Å². The van der Waals surface area contributed by atoms with Gasteiger partial charge in [0.05, 0.1) is 5.38 Å². The van der Waals surface area contributed by atoms with E-state index in [-0.39, 0.29) is 11.3 Å². The number of halogens is 1. The number of benzene rings is 1. The molecule has 1 aromatic carbocycles. The summed E-state index contributed by atoms with van der Waals surface area (Å²) in [5.74, 6) is 0.566. The minimum absolute atomic E-state index is 0.0377. The van der Waals surface area contributed by atoms with Gasteiger partial charge in [-0.25, -0.2) is 0 Å². The van der Waals surface area contributed by atoms with Crippen LogP contribution in [0.1, 0.15) is 38.7 Å². The molecule has 1 amide bonds. The van der Waals surface area contributed by atoms with E-state index in [9.17, 15) is 4.79 Å². The minimum Gasteiger partial charge on any atom is -0.355 e. The number of amides is 1. The van der Waals surface area contributed by atoms with Crippen LogP contribution in [-0.2, 0) is 11.2 Å². The highest BCUT2D eigenvalue weighted by molar-refractivity contribution is 6.21. The van der Waals surface area contributed by atoms with Gasteiger partial charge in [0.25, 0.3) is 0 Å². The van der Waals surface area contributed by atoms with Gasteiger partial charge in [-0.2, -0.15) is 0 Å². The summed E-state index contributed by atoms with van der Waals surface area (Å²) in [6.45, 7) is 4.85. The standard InChI is InChI=1S/C16H24ClNO/c1-3-14(4-2)15(17)12-18-16(19)11-10-13-8-6-5-7-9-13/h5-9,14-15H,3-4,10-12H2,1-2H3,(H,18,19). The van der Waals surface area contributed by atoms with E-state index in [1.165, 1.54) is 5.56 Å². The van der Waals surface area contributed by atoms with Crippen LogP contribution in [0.3, 0.4) is 0 Å². The maximum atomic E-state index is 11.8. The zero-order valence-electron chi connectivity index (χ0n) is 11.9. The quantitative estimate of drug-likeness (QED) is 0.722. The van der Waals surface area contributed by atoms with Crippen LogP contribution in [0.15, 0.2) is 30.3 Å². The highest BCUT2D eigenvalue weighted by atomic mass is 35.5. The molecule has 0 heterocycles. The smallest absolute Gasteiger partial charge is 0.220 e. The molecule has 0 saturated carbocycles. The number of aryl methyl sites for hydroxylation is 1. The third-order valence-corrected chi connectivity index (χ3v) is 4.05. The van der Waals surface area contributed by atoms with Gasteiger partial charge < -0.3 is 5.32 Å². The van der Waals surface area contributed by atoms with Crippen molar-refractivity contribution in [2.75, 3.05) is 6.54 Å². The summed E-state index contributed by atoms with van der Waals surface area (Å²) in [5.41, 5.74) is 1.19. The van der Waals surface area contributed by atoms with Gasteiger partial charge in [-0.1, -0.05) is 57.0 Å². The third kappa shape index (κ3) is 6.11. The Labute approximate surface area is 121 Å². The molecular formula is C16H24ClNO. The molecular weight excluding hydrogens is 258 g/mol. The van der Waals surface area contributed by atoms with Crippen molar-refractivity contribution >= 4 is 17.5 Å². The fraction of sp³-hybridized carbons (Fsp3) is 0.562. The second kappa shape index (κ2) is 8.98. The van der Waals surface area contributed by atoms with Crippen molar-refractivity contribution in [3.8, 4) is 0 Å². The summed E-state index contributed by atoms with van der Waals surface area (Å²) >= 11 is 6.29. The van der Waals surface area contributed by atoms with Crippen molar-refractivity contribution in [3.63, 3.8) is 0 Å². The molecule has 0 aliphatic heterocycles. The van der Waals surface area contributed by atoms with E-state index in [4.69, 9.17) is 11.6 Å². The van der Waals surface area contributed by atoms with Gasteiger partial charge in [-0.15, -0.1) is 11.6 Å². The van der Waals surface area contributed by atoms with Gasteiger partial charge >= 0.3 is 0 Å². The zero-order valence-corrected chi connectivity index (χ0v) is 12.6. The number of nitrogens with one attached hydrogen (secondary N) is 1. The SMILES string of the molecule is CCC(CC)C(Cl)CNC(=O)CCc1ccccc1. The highest BCUT2D eigenvalue weighted by Gasteiger charge is 2.16. The Kier molecular flexibility index (Phi) is 7.57. The van der Waals surface area contributed by atoms with Crippen molar-refractivity contribution in [2.45, 2.75) is 44.9 Å². The number of carbonyl (C=O) groups is 1. The van der Waals surface area contributed by atoms with Crippen molar-refractivity contribution in [2.24, 2.45) is 5.92 Å². The molecule has 2 nitrogen and oxygen atoms in total. The second-order valence-corrected chi connectivity index (χ2v) is 5.44. The first kappa shape index (κ1) is 16.0. The molecule has 0 aromatic heterocycles. The molecule has 0 aliphatic rings. The second-order valence-electron chi connectivity index (χ2n) is 4.88. The van der Waals surface area contributed by atoms with E-state index in [1.807, 2.05) is 30.3 Å². The summed E-state index contributed by atoms with van der Waals surface area (Å²) in [4.78, 5) is 11.8. The first-order chi connectivity index (χ1) is 9.17. The summed E-state index contributed by atoms with van der Waals surface area (Å²) in [7, 11) is 0. The van der Waals surface area contributed by atoms with Gasteiger partial charge in [-0.05, 0) is 17.9 Å². The molecule has 0 fully saturated rings. The fourth-order valence-electron chi connectivity index (χ4n) is 2.17. The van der Waals surface area contributed by atoms with Gasteiger partial charge in [0.2, 0.25) is 5.91 Å². The summed E-state index contributed by atoms with van der Waals surface area (Å²) in [6.07, 6.45) is 3.43.